The van der Waals surface area contributed by atoms with Crippen LogP contribution in [0.1, 0.15) is 20.8 Å². The summed E-state index contributed by atoms with van der Waals surface area (Å²) in [6.45, 7) is 5.60. The number of nitrogens with zero attached hydrogens (tertiary/aromatic N) is 3. The monoisotopic (exact) mass is 405 g/mol. The van der Waals surface area contributed by atoms with Crippen LogP contribution in [-0.4, -0.2) is 51.1 Å². The third-order valence-corrected chi connectivity index (χ3v) is 4.36. The molecule has 0 aliphatic rings. The average Bonchev–Trinajstić information content (AvgIpc) is 3.07. The van der Waals surface area contributed by atoms with Crippen LogP contribution in [-0.2, 0) is 20.9 Å². The van der Waals surface area contributed by atoms with Crippen LogP contribution in [0, 0.1) is 0 Å². The quantitative estimate of drug-likeness (QED) is 0.508. The van der Waals surface area contributed by atoms with E-state index in [9.17, 15) is 14.4 Å². The van der Waals surface area contributed by atoms with Crippen LogP contribution in [0.5, 0.6) is 0 Å². The number of benzene rings is 1. The van der Waals surface area contributed by atoms with Crippen LogP contribution in [0.4, 0.5) is 4.79 Å². The third kappa shape index (κ3) is 6.38. The summed E-state index contributed by atoms with van der Waals surface area (Å²) in [6.07, 6.45) is 0. The molecule has 0 bridgehead atoms. The van der Waals surface area contributed by atoms with Crippen molar-refractivity contribution in [3.63, 3.8) is 0 Å². The molecule has 3 amide bonds. The first-order valence-corrected chi connectivity index (χ1v) is 9.76. The minimum atomic E-state index is -0.695. The van der Waals surface area contributed by atoms with Gasteiger partial charge in [0.1, 0.15) is 0 Å². The maximum atomic E-state index is 11.9. The van der Waals surface area contributed by atoms with Gasteiger partial charge in [-0.25, -0.2) is 4.79 Å². The molecule has 1 aromatic carbocycles. The van der Waals surface area contributed by atoms with Gasteiger partial charge in [0.05, 0.1) is 5.75 Å². The fourth-order valence-corrected chi connectivity index (χ4v) is 3.05. The molecule has 2 N–H and O–H groups in total. The molecule has 0 saturated heterocycles. The van der Waals surface area contributed by atoms with Gasteiger partial charge in [0.2, 0.25) is 0 Å². The lowest BCUT2D eigenvalue weighted by molar-refractivity contribution is -0.145. The van der Waals surface area contributed by atoms with Crippen LogP contribution in [0.25, 0.3) is 11.4 Å². The van der Waals surface area contributed by atoms with E-state index >= 15 is 0 Å². The lowest BCUT2D eigenvalue weighted by Gasteiger charge is -2.09. The predicted molar refractivity (Wildman–Crippen MR) is 105 cm³/mol. The number of urea groups is 1. The van der Waals surface area contributed by atoms with Gasteiger partial charge in [-0.3, -0.25) is 14.9 Å². The number of hydrogen-bond acceptors (Lipinski definition) is 7. The van der Waals surface area contributed by atoms with Crippen LogP contribution < -0.4 is 10.6 Å². The Morgan fingerprint density at radius 2 is 1.89 bits per heavy atom. The summed E-state index contributed by atoms with van der Waals surface area (Å²) < 4.78 is 6.79. The zero-order valence-corrected chi connectivity index (χ0v) is 16.8. The molecule has 1 aromatic heterocycles. The number of rotatable bonds is 8. The average molecular weight is 405 g/mol. The Hall–Kier alpha value is -2.88. The SMILES string of the molecule is CCn1c(SCC(=O)OCC(=O)NC(=O)NC(C)C)nnc1-c1ccccc1. The number of imide groups is 1. The highest BCUT2D eigenvalue weighted by Gasteiger charge is 2.16. The Bertz CT molecular complexity index is 823. The van der Waals surface area contributed by atoms with Gasteiger partial charge in [-0.1, -0.05) is 42.1 Å². The molecule has 28 heavy (non-hydrogen) atoms. The Labute approximate surface area is 167 Å². The molecule has 0 aliphatic carbocycles. The Balaban J connectivity index is 1.84. The first-order chi connectivity index (χ1) is 13.4. The number of hydrogen-bond donors (Lipinski definition) is 2. The number of thioether (sulfide) groups is 1. The first-order valence-electron chi connectivity index (χ1n) is 8.78. The maximum absolute atomic E-state index is 11.9. The van der Waals surface area contributed by atoms with Crippen LogP contribution in [0.15, 0.2) is 35.5 Å². The van der Waals surface area contributed by atoms with E-state index in [1.807, 2.05) is 41.8 Å². The summed E-state index contributed by atoms with van der Waals surface area (Å²) in [4.78, 5) is 34.9. The number of carbonyl (C=O) groups is 3. The Morgan fingerprint density at radius 3 is 2.54 bits per heavy atom. The smallest absolute Gasteiger partial charge is 0.321 e. The number of nitrogens with one attached hydrogen (secondary N) is 2. The van der Waals surface area contributed by atoms with E-state index in [1.165, 1.54) is 11.8 Å². The fraction of sp³-hybridized carbons (Fsp3) is 0.389. The van der Waals surface area contributed by atoms with E-state index in [-0.39, 0.29) is 11.8 Å². The molecular formula is C18H23N5O4S. The van der Waals surface area contributed by atoms with Crippen molar-refractivity contribution in [1.29, 1.82) is 0 Å². The predicted octanol–water partition coefficient (Wildman–Crippen LogP) is 1.83. The molecule has 2 rings (SSSR count). The lowest BCUT2D eigenvalue weighted by Crippen LogP contribution is -2.44. The van der Waals surface area contributed by atoms with Crippen molar-refractivity contribution in [3.05, 3.63) is 30.3 Å². The highest BCUT2D eigenvalue weighted by Crippen LogP contribution is 2.23. The minimum Gasteiger partial charge on any atom is -0.455 e. The molecular weight excluding hydrogens is 382 g/mol. The molecule has 0 atom stereocenters. The van der Waals surface area contributed by atoms with Crippen molar-refractivity contribution in [2.45, 2.75) is 38.5 Å². The van der Waals surface area contributed by atoms with E-state index in [0.717, 1.165) is 11.4 Å². The number of carbonyl (C=O) groups excluding carboxylic acids is 3. The van der Waals surface area contributed by atoms with Gasteiger partial charge in [0.15, 0.2) is 17.6 Å². The summed E-state index contributed by atoms with van der Waals surface area (Å²) in [5.41, 5.74) is 0.933. The zero-order chi connectivity index (χ0) is 20.5. The number of ether oxygens (including phenoxy) is 1. The van der Waals surface area contributed by atoms with Gasteiger partial charge in [0, 0.05) is 18.2 Å². The minimum absolute atomic E-state index is 0.0294. The molecule has 2 aromatic rings. The molecule has 1 heterocycles. The molecule has 0 radical (unpaired) electrons. The van der Waals surface area contributed by atoms with Gasteiger partial charge < -0.3 is 14.6 Å². The molecule has 9 nitrogen and oxygen atoms in total. The van der Waals surface area contributed by atoms with E-state index in [1.54, 1.807) is 13.8 Å². The summed E-state index contributed by atoms with van der Waals surface area (Å²) in [5, 5.41) is 13.5. The van der Waals surface area contributed by atoms with Crippen molar-refractivity contribution in [3.8, 4) is 11.4 Å². The van der Waals surface area contributed by atoms with E-state index in [4.69, 9.17) is 4.74 Å². The molecule has 0 saturated carbocycles. The molecule has 0 fully saturated rings. The van der Waals surface area contributed by atoms with E-state index in [2.05, 4.69) is 20.8 Å². The van der Waals surface area contributed by atoms with Gasteiger partial charge in [0.25, 0.3) is 5.91 Å². The standard InChI is InChI=1S/C18H23N5O4S/c1-4-23-16(13-8-6-5-7-9-13)21-22-18(23)28-11-15(25)27-10-14(24)20-17(26)19-12(2)3/h5-9,12H,4,10-11H2,1-3H3,(H2,19,20,24,26). The zero-order valence-electron chi connectivity index (χ0n) is 16.0. The van der Waals surface area contributed by atoms with Crippen LogP contribution >= 0.6 is 11.8 Å². The van der Waals surface area contributed by atoms with Crippen LogP contribution in [0.3, 0.4) is 0 Å². The lowest BCUT2D eigenvalue weighted by atomic mass is 10.2. The van der Waals surface area contributed by atoms with Gasteiger partial charge >= 0.3 is 12.0 Å². The Morgan fingerprint density at radius 1 is 1.18 bits per heavy atom. The number of esters is 1. The highest BCUT2D eigenvalue weighted by atomic mass is 32.2. The fourth-order valence-electron chi connectivity index (χ4n) is 2.25. The van der Waals surface area contributed by atoms with Crippen molar-refractivity contribution in [2.75, 3.05) is 12.4 Å². The highest BCUT2D eigenvalue weighted by molar-refractivity contribution is 7.99. The van der Waals surface area contributed by atoms with Crippen molar-refractivity contribution in [1.82, 2.24) is 25.4 Å². The Kier molecular flexibility index (Phi) is 8.00. The summed E-state index contributed by atoms with van der Waals surface area (Å²) in [6, 6.07) is 8.89. The first kappa shape index (κ1) is 21.4. The molecule has 0 unspecified atom stereocenters. The molecule has 0 spiro atoms. The molecule has 0 aliphatic heterocycles. The topological polar surface area (TPSA) is 115 Å². The van der Waals surface area contributed by atoms with Gasteiger partial charge in [-0.2, -0.15) is 0 Å². The normalized spacial score (nSPS) is 10.6. The second-order valence-electron chi connectivity index (χ2n) is 6.04. The number of aromatic nitrogens is 3. The van der Waals surface area contributed by atoms with E-state index < -0.39 is 24.5 Å². The largest absolute Gasteiger partial charge is 0.455 e. The second-order valence-corrected chi connectivity index (χ2v) is 6.98. The molecule has 10 heteroatoms. The van der Waals surface area contributed by atoms with Crippen LogP contribution in [0.2, 0.25) is 0 Å². The third-order valence-electron chi connectivity index (χ3n) is 3.42. The van der Waals surface area contributed by atoms with Crippen molar-refractivity contribution >= 4 is 29.7 Å². The van der Waals surface area contributed by atoms with Gasteiger partial charge in [-0.05, 0) is 20.8 Å². The van der Waals surface area contributed by atoms with Gasteiger partial charge in [-0.15, -0.1) is 10.2 Å². The maximum Gasteiger partial charge on any atom is 0.321 e. The summed E-state index contributed by atoms with van der Waals surface area (Å²) >= 11 is 1.17. The molecule has 150 valence electrons. The second kappa shape index (κ2) is 10.5. The van der Waals surface area contributed by atoms with Crippen molar-refractivity contribution in [2.24, 2.45) is 0 Å². The van der Waals surface area contributed by atoms with Crippen molar-refractivity contribution < 1.29 is 19.1 Å². The number of amides is 3. The van der Waals surface area contributed by atoms with E-state index in [0.29, 0.717) is 11.7 Å². The summed E-state index contributed by atoms with van der Waals surface area (Å²) in [7, 11) is 0. The summed E-state index contributed by atoms with van der Waals surface area (Å²) in [5.74, 6) is -0.594.